The Balaban J connectivity index is 2.28. The average molecular weight is 300 g/mol. The molecule has 0 aromatic carbocycles. The first-order chi connectivity index (χ1) is 7.89. The zero-order valence-corrected chi connectivity index (χ0v) is 12.0. The van der Waals surface area contributed by atoms with Gasteiger partial charge in [-0.1, -0.05) is 20.8 Å². The summed E-state index contributed by atoms with van der Waals surface area (Å²) < 4.78 is 0.932. The number of amides is 1. The van der Waals surface area contributed by atoms with Crippen molar-refractivity contribution >= 4 is 27.5 Å². The molecule has 2 N–H and O–H groups in total. The lowest BCUT2D eigenvalue weighted by atomic mass is 9.96. The van der Waals surface area contributed by atoms with Crippen LogP contribution in [0.15, 0.2) is 22.9 Å². The van der Waals surface area contributed by atoms with Crippen LogP contribution in [0, 0.1) is 5.41 Å². The van der Waals surface area contributed by atoms with Gasteiger partial charge in [-0.3, -0.25) is 9.78 Å². The van der Waals surface area contributed by atoms with Gasteiger partial charge >= 0.3 is 0 Å². The molecule has 1 rings (SSSR count). The molecule has 0 saturated carbocycles. The molecular weight excluding hydrogens is 282 g/mol. The molecule has 0 unspecified atom stereocenters. The van der Waals surface area contributed by atoms with Crippen molar-refractivity contribution in [1.29, 1.82) is 0 Å². The SMILES string of the molecule is CC(C)(C)C(=O)NCCNc1cncc(Br)c1. The molecule has 0 aliphatic carbocycles. The lowest BCUT2D eigenvalue weighted by Crippen LogP contribution is -2.37. The van der Waals surface area contributed by atoms with Gasteiger partial charge in [0.15, 0.2) is 0 Å². The number of nitrogens with zero attached hydrogens (tertiary/aromatic N) is 1. The van der Waals surface area contributed by atoms with Crippen LogP contribution in [0.2, 0.25) is 0 Å². The Labute approximate surface area is 110 Å². The fraction of sp³-hybridized carbons (Fsp3) is 0.500. The van der Waals surface area contributed by atoms with E-state index < -0.39 is 0 Å². The van der Waals surface area contributed by atoms with Crippen LogP contribution in [0.1, 0.15) is 20.8 Å². The van der Waals surface area contributed by atoms with E-state index in [0.717, 1.165) is 10.2 Å². The van der Waals surface area contributed by atoms with Crippen molar-refractivity contribution in [2.24, 2.45) is 5.41 Å². The lowest BCUT2D eigenvalue weighted by molar-refractivity contribution is -0.128. The Morgan fingerprint density at radius 3 is 2.65 bits per heavy atom. The quantitative estimate of drug-likeness (QED) is 0.840. The van der Waals surface area contributed by atoms with Crippen LogP contribution in [-0.2, 0) is 4.79 Å². The van der Waals surface area contributed by atoms with E-state index in [1.807, 2.05) is 26.8 Å². The maximum absolute atomic E-state index is 11.6. The monoisotopic (exact) mass is 299 g/mol. The van der Waals surface area contributed by atoms with E-state index in [4.69, 9.17) is 0 Å². The minimum Gasteiger partial charge on any atom is -0.382 e. The van der Waals surface area contributed by atoms with Crippen molar-refractivity contribution in [3.05, 3.63) is 22.9 Å². The second kappa shape index (κ2) is 6.00. The molecule has 1 amide bonds. The van der Waals surface area contributed by atoms with Crippen LogP contribution in [0.4, 0.5) is 5.69 Å². The van der Waals surface area contributed by atoms with Gasteiger partial charge in [0, 0.05) is 29.2 Å². The number of aromatic nitrogens is 1. The molecule has 0 saturated heterocycles. The third kappa shape index (κ3) is 5.17. The molecule has 4 nitrogen and oxygen atoms in total. The minimum atomic E-state index is -0.336. The number of pyridine rings is 1. The zero-order valence-electron chi connectivity index (χ0n) is 10.4. The van der Waals surface area contributed by atoms with Crippen molar-refractivity contribution < 1.29 is 4.79 Å². The van der Waals surface area contributed by atoms with E-state index in [9.17, 15) is 4.79 Å². The fourth-order valence-electron chi connectivity index (χ4n) is 1.16. The van der Waals surface area contributed by atoms with E-state index in [2.05, 4.69) is 31.5 Å². The number of halogens is 1. The first kappa shape index (κ1) is 14.0. The van der Waals surface area contributed by atoms with Gasteiger partial charge in [0.25, 0.3) is 0 Å². The van der Waals surface area contributed by atoms with E-state index >= 15 is 0 Å². The van der Waals surface area contributed by atoms with Crippen LogP contribution in [0.25, 0.3) is 0 Å². The molecule has 0 aliphatic heterocycles. The molecule has 0 aliphatic rings. The molecule has 1 heterocycles. The van der Waals surface area contributed by atoms with E-state index in [1.165, 1.54) is 0 Å². The standard InChI is InChI=1S/C12H18BrN3O/c1-12(2,3)11(17)16-5-4-15-10-6-9(13)7-14-8-10/h6-8,15H,4-5H2,1-3H3,(H,16,17). The molecule has 0 fully saturated rings. The first-order valence-corrected chi connectivity index (χ1v) is 6.31. The maximum atomic E-state index is 11.6. The second-order valence-corrected chi connectivity index (χ2v) is 5.74. The summed E-state index contributed by atoms with van der Waals surface area (Å²) >= 11 is 3.35. The molecule has 0 radical (unpaired) electrons. The first-order valence-electron chi connectivity index (χ1n) is 5.52. The molecule has 0 spiro atoms. The molecular formula is C12H18BrN3O. The van der Waals surface area contributed by atoms with Gasteiger partial charge in [-0.05, 0) is 22.0 Å². The summed E-state index contributed by atoms with van der Waals surface area (Å²) in [5.41, 5.74) is 0.599. The third-order valence-electron chi connectivity index (χ3n) is 2.13. The highest BCUT2D eigenvalue weighted by Crippen LogP contribution is 2.13. The van der Waals surface area contributed by atoms with E-state index in [0.29, 0.717) is 13.1 Å². The van der Waals surface area contributed by atoms with Crippen LogP contribution in [-0.4, -0.2) is 24.0 Å². The van der Waals surface area contributed by atoms with Gasteiger partial charge in [0.2, 0.25) is 5.91 Å². The predicted octanol–water partition coefficient (Wildman–Crippen LogP) is 2.42. The summed E-state index contributed by atoms with van der Waals surface area (Å²) in [6.07, 6.45) is 3.48. The van der Waals surface area contributed by atoms with Crippen molar-refractivity contribution in [3.63, 3.8) is 0 Å². The Morgan fingerprint density at radius 2 is 2.06 bits per heavy atom. The number of nitrogens with one attached hydrogen (secondary N) is 2. The van der Waals surface area contributed by atoms with Gasteiger partial charge in [0.05, 0.1) is 11.9 Å². The van der Waals surface area contributed by atoms with Gasteiger partial charge in [-0.2, -0.15) is 0 Å². The van der Waals surface area contributed by atoms with Gasteiger partial charge < -0.3 is 10.6 Å². The Morgan fingerprint density at radius 1 is 1.35 bits per heavy atom. The molecule has 0 bridgehead atoms. The van der Waals surface area contributed by atoms with Crippen LogP contribution < -0.4 is 10.6 Å². The zero-order chi connectivity index (χ0) is 12.9. The van der Waals surface area contributed by atoms with Crippen molar-refractivity contribution in [2.45, 2.75) is 20.8 Å². The highest BCUT2D eigenvalue weighted by molar-refractivity contribution is 9.10. The summed E-state index contributed by atoms with van der Waals surface area (Å²) in [4.78, 5) is 15.6. The summed E-state index contributed by atoms with van der Waals surface area (Å²) in [5.74, 6) is 0.0617. The number of carbonyl (C=O) groups is 1. The third-order valence-corrected chi connectivity index (χ3v) is 2.56. The van der Waals surface area contributed by atoms with E-state index in [-0.39, 0.29) is 11.3 Å². The number of anilines is 1. The summed E-state index contributed by atoms with van der Waals surface area (Å²) in [6.45, 7) is 6.97. The largest absolute Gasteiger partial charge is 0.382 e. The Hall–Kier alpha value is -1.10. The Kier molecular flexibility index (Phi) is 4.93. The van der Waals surface area contributed by atoms with Crippen LogP contribution in [0.3, 0.4) is 0 Å². The molecule has 5 heteroatoms. The second-order valence-electron chi connectivity index (χ2n) is 4.82. The predicted molar refractivity (Wildman–Crippen MR) is 72.9 cm³/mol. The molecule has 17 heavy (non-hydrogen) atoms. The lowest BCUT2D eigenvalue weighted by Gasteiger charge is -2.17. The van der Waals surface area contributed by atoms with Gasteiger partial charge in [-0.15, -0.1) is 0 Å². The summed E-state index contributed by atoms with van der Waals surface area (Å²) in [5, 5.41) is 6.06. The molecule has 0 atom stereocenters. The molecule has 1 aromatic heterocycles. The van der Waals surface area contributed by atoms with Gasteiger partial charge in [-0.25, -0.2) is 0 Å². The maximum Gasteiger partial charge on any atom is 0.225 e. The topological polar surface area (TPSA) is 54.0 Å². The van der Waals surface area contributed by atoms with Crippen molar-refractivity contribution in [3.8, 4) is 0 Å². The number of rotatable bonds is 4. The normalized spacial score (nSPS) is 11.1. The van der Waals surface area contributed by atoms with Crippen molar-refractivity contribution in [2.75, 3.05) is 18.4 Å². The fourth-order valence-corrected chi connectivity index (χ4v) is 1.52. The van der Waals surface area contributed by atoms with E-state index in [1.54, 1.807) is 12.4 Å². The van der Waals surface area contributed by atoms with Crippen LogP contribution >= 0.6 is 15.9 Å². The van der Waals surface area contributed by atoms with Gasteiger partial charge in [0.1, 0.15) is 0 Å². The average Bonchev–Trinajstić information content (AvgIpc) is 2.23. The minimum absolute atomic E-state index is 0.0617. The highest BCUT2D eigenvalue weighted by atomic mass is 79.9. The molecule has 94 valence electrons. The molecule has 1 aromatic rings. The summed E-state index contributed by atoms with van der Waals surface area (Å²) in [6, 6.07) is 1.94. The number of hydrogen-bond acceptors (Lipinski definition) is 3. The number of carbonyl (C=O) groups excluding carboxylic acids is 1. The smallest absolute Gasteiger partial charge is 0.225 e. The van der Waals surface area contributed by atoms with Crippen molar-refractivity contribution in [1.82, 2.24) is 10.3 Å². The highest BCUT2D eigenvalue weighted by Gasteiger charge is 2.19. The Bertz CT molecular complexity index is 388. The summed E-state index contributed by atoms with van der Waals surface area (Å²) in [7, 11) is 0. The van der Waals surface area contributed by atoms with Crippen LogP contribution in [0.5, 0.6) is 0 Å². The number of hydrogen-bond donors (Lipinski definition) is 2.